The molecule has 15 heavy (non-hydrogen) atoms. The molecule has 0 saturated carbocycles. The number of fused-ring (bicyclic) bond motifs is 1. The number of aliphatic imine (C=N–C) groups is 2. The molecule has 0 aromatic carbocycles. The number of aliphatic carboxylic acids is 1. The van der Waals surface area contributed by atoms with Crippen LogP contribution in [0.25, 0.3) is 0 Å². The fourth-order valence-electron chi connectivity index (χ4n) is 1.29. The van der Waals surface area contributed by atoms with Gasteiger partial charge < -0.3 is 5.11 Å². The van der Waals surface area contributed by atoms with Gasteiger partial charge in [0.25, 0.3) is 11.8 Å². The van der Waals surface area contributed by atoms with Gasteiger partial charge in [-0.15, -0.1) is 0 Å². The Labute approximate surface area is 83.3 Å². The van der Waals surface area contributed by atoms with Crippen LogP contribution in [0.5, 0.6) is 0 Å². The van der Waals surface area contributed by atoms with Crippen molar-refractivity contribution in [1.82, 2.24) is 0 Å². The number of hydrogen-bond donors (Lipinski definition) is 1. The van der Waals surface area contributed by atoms with Crippen molar-refractivity contribution >= 4 is 29.7 Å². The summed E-state index contributed by atoms with van der Waals surface area (Å²) in [5.74, 6) is -2.73. The molecule has 74 valence electrons. The van der Waals surface area contributed by atoms with Crippen molar-refractivity contribution in [2.24, 2.45) is 9.98 Å². The van der Waals surface area contributed by atoms with Crippen LogP contribution in [0.1, 0.15) is 0 Å². The van der Waals surface area contributed by atoms with Crippen LogP contribution in [0.2, 0.25) is 0 Å². The Balaban J connectivity index is 2.59. The zero-order valence-electron chi connectivity index (χ0n) is 7.30. The van der Waals surface area contributed by atoms with E-state index in [1.807, 2.05) is 0 Å². The molecule has 2 amide bonds. The zero-order chi connectivity index (χ0) is 11.0. The molecule has 0 aromatic rings. The van der Waals surface area contributed by atoms with Gasteiger partial charge >= 0.3 is 5.97 Å². The van der Waals surface area contributed by atoms with Crippen molar-refractivity contribution < 1.29 is 19.5 Å². The van der Waals surface area contributed by atoms with Gasteiger partial charge in [-0.1, -0.05) is 0 Å². The van der Waals surface area contributed by atoms with Gasteiger partial charge in [-0.2, -0.15) is 0 Å². The monoisotopic (exact) mass is 204 g/mol. The first-order valence-corrected chi connectivity index (χ1v) is 3.96. The van der Waals surface area contributed by atoms with E-state index in [0.717, 1.165) is 6.08 Å². The molecule has 2 rings (SSSR count). The van der Waals surface area contributed by atoms with Gasteiger partial charge in [-0.25, -0.2) is 14.8 Å². The predicted octanol–water partition coefficient (Wildman–Crippen LogP) is -0.484. The average Bonchev–Trinajstić information content (AvgIpc) is 2.18. The highest BCUT2D eigenvalue weighted by Crippen LogP contribution is 2.20. The van der Waals surface area contributed by atoms with Gasteiger partial charge in [0.05, 0.1) is 5.57 Å². The minimum absolute atomic E-state index is 0.0186. The Kier molecular flexibility index (Phi) is 1.89. The third-order valence-electron chi connectivity index (χ3n) is 1.90. The Morgan fingerprint density at radius 1 is 1.27 bits per heavy atom. The molecule has 6 nitrogen and oxygen atoms in total. The lowest BCUT2D eigenvalue weighted by atomic mass is 9.96. The van der Waals surface area contributed by atoms with Crippen molar-refractivity contribution in [3.05, 3.63) is 23.3 Å². The normalized spacial score (nSPS) is 19.1. The highest BCUT2D eigenvalue weighted by atomic mass is 16.4. The van der Waals surface area contributed by atoms with Crippen LogP contribution in [0.15, 0.2) is 33.3 Å². The lowest BCUT2D eigenvalue weighted by molar-refractivity contribution is -0.129. The molecule has 0 fully saturated rings. The van der Waals surface area contributed by atoms with Gasteiger partial charge in [-0.3, -0.25) is 9.59 Å². The molecule has 2 aliphatic rings. The fraction of sp³-hybridized carbons (Fsp3) is 0. The molecule has 6 heteroatoms. The largest absolute Gasteiger partial charge is 0.476 e. The van der Waals surface area contributed by atoms with Crippen LogP contribution in [0.4, 0.5) is 0 Å². The second-order valence-corrected chi connectivity index (χ2v) is 2.83. The molecule has 1 N–H and O–H groups in total. The summed E-state index contributed by atoms with van der Waals surface area (Å²) in [6.07, 6.45) is 3.51. The van der Waals surface area contributed by atoms with E-state index in [0.29, 0.717) is 0 Å². The summed E-state index contributed by atoms with van der Waals surface area (Å²) in [6, 6.07) is 0. The summed E-state index contributed by atoms with van der Waals surface area (Å²) >= 11 is 0. The first kappa shape index (κ1) is 9.20. The Morgan fingerprint density at radius 3 is 2.67 bits per heavy atom. The standard InChI is InChI=1S/C9H4N2O4/c12-6-3-5-4(1-2-10-8(5)13)7(11-6)9(14)15/h1-3H,(H,14,15). The molecule has 0 bridgehead atoms. The highest BCUT2D eigenvalue weighted by molar-refractivity contribution is 6.49. The van der Waals surface area contributed by atoms with Crippen LogP contribution in [-0.4, -0.2) is 34.8 Å². The highest BCUT2D eigenvalue weighted by Gasteiger charge is 2.29. The number of allylic oxidation sites excluding steroid dienone is 1. The lowest BCUT2D eigenvalue weighted by Crippen LogP contribution is -2.26. The third-order valence-corrected chi connectivity index (χ3v) is 1.90. The Hall–Kier alpha value is -2.37. The van der Waals surface area contributed by atoms with E-state index in [4.69, 9.17) is 5.11 Å². The molecule has 0 aromatic heterocycles. The van der Waals surface area contributed by atoms with E-state index in [1.54, 1.807) is 0 Å². The van der Waals surface area contributed by atoms with E-state index >= 15 is 0 Å². The first-order chi connectivity index (χ1) is 7.09. The summed E-state index contributed by atoms with van der Waals surface area (Å²) in [7, 11) is 0. The van der Waals surface area contributed by atoms with E-state index in [1.165, 1.54) is 12.3 Å². The number of carbonyl (C=O) groups excluding carboxylic acids is 2. The third kappa shape index (κ3) is 1.41. The molecular formula is C9H4N2O4. The Morgan fingerprint density at radius 2 is 2.00 bits per heavy atom. The molecule has 0 atom stereocenters. The number of carboxylic acids is 1. The van der Waals surface area contributed by atoms with Gasteiger partial charge in [0, 0.05) is 17.9 Å². The van der Waals surface area contributed by atoms with Crippen molar-refractivity contribution in [2.75, 3.05) is 0 Å². The number of hydrogen-bond acceptors (Lipinski definition) is 3. The molecule has 0 saturated heterocycles. The van der Waals surface area contributed by atoms with E-state index in [-0.39, 0.29) is 11.1 Å². The van der Waals surface area contributed by atoms with E-state index in [2.05, 4.69) is 9.98 Å². The van der Waals surface area contributed by atoms with Crippen molar-refractivity contribution in [2.45, 2.75) is 0 Å². The minimum Gasteiger partial charge on any atom is -0.476 e. The van der Waals surface area contributed by atoms with Crippen LogP contribution in [0.3, 0.4) is 0 Å². The number of rotatable bonds is 1. The summed E-state index contributed by atoms with van der Waals surface area (Å²) < 4.78 is 0. The van der Waals surface area contributed by atoms with Crippen LogP contribution < -0.4 is 0 Å². The molecular weight excluding hydrogens is 200 g/mol. The number of carbonyl (C=O) groups is 3. The summed E-state index contributed by atoms with van der Waals surface area (Å²) in [4.78, 5) is 39.8. The quantitative estimate of drug-likeness (QED) is 0.623. The smallest absolute Gasteiger partial charge is 0.355 e. The van der Waals surface area contributed by atoms with Gasteiger partial charge in [-0.05, 0) is 6.08 Å². The molecule has 0 spiro atoms. The van der Waals surface area contributed by atoms with Crippen molar-refractivity contribution in [3.63, 3.8) is 0 Å². The van der Waals surface area contributed by atoms with Crippen LogP contribution >= 0.6 is 0 Å². The molecule has 0 unspecified atom stereocenters. The van der Waals surface area contributed by atoms with Crippen molar-refractivity contribution in [1.29, 1.82) is 0 Å². The topological polar surface area (TPSA) is 96.2 Å². The molecule has 2 aliphatic heterocycles. The van der Waals surface area contributed by atoms with Crippen LogP contribution in [-0.2, 0) is 14.4 Å². The van der Waals surface area contributed by atoms with Crippen molar-refractivity contribution in [3.8, 4) is 0 Å². The van der Waals surface area contributed by atoms with Gasteiger partial charge in [0.1, 0.15) is 0 Å². The second kappa shape index (κ2) is 3.09. The van der Waals surface area contributed by atoms with Gasteiger partial charge in [0.2, 0.25) is 0 Å². The first-order valence-electron chi connectivity index (χ1n) is 3.96. The molecule has 0 radical (unpaired) electrons. The summed E-state index contributed by atoms with van der Waals surface area (Å²) in [5.41, 5.74) is -0.311. The number of carboxylic acid groups (broad SMARTS) is 1. The van der Waals surface area contributed by atoms with E-state index in [9.17, 15) is 14.4 Å². The average molecular weight is 204 g/mol. The SMILES string of the molecule is O=C1C=C2C(=O)N=CC=C2C(C(=O)O)=N1. The number of dihydropyridines is 2. The lowest BCUT2D eigenvalue weighted by Gasteiger charge is -2.13. The molecule has 0 aliphatic carbocycles. The maximum Gasteiger partial charge on any atom is 0.355 e. The predicted molar refractivity (Wildman–Crippen MR) is 49.7 cm³/mol. The zero-order valence-corrected chi connectivity index (χ0v) is 7.30. The van der Waals surface area contributed by atoms with E-state index < -0.39 is 23.5 Å². The molecule has 2 heterocycles. The Bertz CT molecular complexity index is 508. The van der Waals surface area contributed by atoms with Crippen LogP contribution in [0, 0.1) is 0 Å². The maximum atomic E-state index is 11.2. The maximum absolute atomic E-state index is 11.2. The fourth-order valence-corrected chi connectivity index (χ4v) is 1.29. The summed E-state index contributed by atoms with van der Waals surface area (Å²) in [6.45, 7) is 0. The minimum atomic E-state index is -1.34. The second-order valence-electron chi connectivity index (χ2n) is 2.83. The number of amides is 2. The number of nitrogens with zero attached hydrogens (tertiary/aromatic N) is 2. The summed E-state index contributed by atoms with van der Waals surface area (Å²) in [5, 5.41) is 8.77. The van der Waals surface area contributed by atoms with Gasteiger partial charge in [0.15, 0.2) is 5.71 Å².